The molecule has 0 bridgehead atoms. The molecule has 0 unspecified atom stereocenters. The number of fused-ring (bicyclic) bond motifs is 1. The molecule has 0 fully saturated rings. The monoisotopic (exact) mass is 344 g/mol. The Kier molecular flexibility index (Phi) is 4.71. The number of anilines is 2. The lowest BCUT2D eigenvalue weighted by Crippen LogP contribution is -2.31. The third-order valence-electron chi connectivity index (χ3n) is 4.14. The predicted octanol–water partition coefficient (Wildman–Crippen LogP) is 4.04. The molecule has 0 aliphatic carbocycles. The van der Waals surface area contributed by atoms with Gasteiger partial charge in [-0.05, 0) is 44.0 Å². The van der Waals surface area contributed by atoms with Crippen LogP contribution in [0.2, 0.25) is 5.28 Å². The van der Waals surface area contributed by atoms with E-state index in [9.17, 15) is 4.79 Å². The van der Waals surface area contributed by atoms with E-state index in [-0.39, 0.29) is 17.2 Å². The molecule has 2 aromatic rings. The predicted molar refractivity (Wildman–Crippen MR) is 95.8 cm³/mol. The van der Waals surface area contributed by atoms with Crippen molar-refractivity contribution in [2.24, 2.45) is 0 Å². The van der Waals surface area contributed by atoms with Gasteiger partial charge in [-0.25, -0.2) is 4.98 Å². The molecule has 0 saturated heterocycles. The van der Waals surface area contributed by atoms with Crippen molar-refractivity contribution in [3.05, 3.63) is 46.9 Å². The number of nitrogens with zero attached hydrogens (tertiary/aromatic N) is 4. The van der Waals surface area contributed by atoms with Crippen molar-refractivity contribution in [3.8, 4) is 0 Å². The Labute approximate surface area is 147 Å². The van der Waals surface area contributed by atoms with E-state index in [0.29, 0.717) is 12.2 Å². The molecule has 0 atom stereocenters. The quantitative estimate of drug-likeness (QED) is 0.768. The van der Waals surface area contributed by atoms with Gasteiger partial charge >= 0.3 is 0 Å². The van der Waals surface area contributed by atoms with Crippen LogP contribution in [0.1, 0.15) is 43.2 Å². The SMILES string of the molecule is CCCN(c1ccccc1)c1nc(Cl)nc2c1CN(C(C)C)C2=O. The van der Waals surface area contributed by atoms with E-state index in [2.05, 4.69) is 21.8 Å². The highest BCUT2D eigenvalue weighted by Gasteiger charge is 2.35. The largest absolute Gasteiger partial charge is 0.330 e. The molecule has 3 rings (SSSR count). The van der Waals surface area contributed by atoms with Gasteiger partial charge in [0.15, 0.2) is 0 Å². The number of carbonyl (C=O) groups is 1. The van der Waals surface area contributed by atoms with Crippen molar-refractivity contribution in [2.45, 2.75) is 39.8 Å². The molecule has 1 amide bonds. The van der Waals surface area contributed by atoms with Crippen LogP contribution in [-0.2, 0) is 6.54 Å². The first-order valence-corrected chi connectivity index (χ1v) is 8.60. The molecule has 1 aromatic carbocycles. The number of benzene rings is 1. The first kappa shape index (κ1) is 16.7. The highest BCUT2D eigenvalue weighted by molar-refractivity contribution is 6.28. The summed E-state index contributed by atoms with van der Waals surface area (Å²) in [6.07, 6.45) is 0.952. The summed E-state index contributed by atoms with van der Waals surface area (Å²) < 4.78 is 0. The average Bonchev–Trinajstić information content (AvgIpc) is 2.90. The van der Waals surface area contributed by atoms with E-state index in [1.54, 1.807) is 4.90 Å². The Hall–Kier alpha value is -2.14. The van der Waals surface area contributed by atoms with Crippen LogP contribution >= 0.6 is 11.6 Å². The molecule has 6 heteroatoms. The maximum atomic E-state index is 12.6. The Morgan fingerprint density at radius 3 is 2.58 bits per heavy atom. The molecule has 1 aliphatic rings. The Bertz CT molecular complexity index is 748. The van der Waals surface area contributed by atoms with Gasteiger partial charge in [0.1, 0.15) is 11.5 Å². The zero-order chi connectivity index (χ0) is 17.3. The minimum absolute atomic E-state index is 0.0740. The molecule has 1 aliphatic heterocycles. The van der Waals surface area contributed by atoms with Crippen molar-refractivity contribution in [2.75, 3.05) is 11.4 Å². The van der Waals surface area contributed by atoms with Gasteiger partial charge in [0.05, 0.1) is 6.54 Å². The van der Waals surface area contributed by atoms with Crippen LogP contribution in [0.3, 0.4) is 0 Å². The molecular weight excluding hydrogens is 324 g/mol. The second kappa shape index (κ2) is 6.77. The van der Waals surface area contributed by atoms with E-state index < -0.39 is 0 Å². The van der Waals surface area contributed by atoms with Crippen LogP contribution < -0.4 is 4.90 Å². The number of halogens is 1. The third-order valence-corrected chi connectivity index (χ3v) is 4.31. The van der Waals surface area contributed by atoms with Gasteiger partial charge in [0, 0.05) is 23.8 Å². The van der Waals surface area contributed by atoms with E-state index in [1.165, 1.54) is 0 Å². The molecule has 0 N–H and O–H groups in total. The van der Waals surface area contributed by atoms with Gasteiger partial charge in [0.25, 0.3) is 5.91 Å². The fourth-order valence-corrected chi connectivity index (χ4v) is 3.14. The average molecular weight is 345 g/mol. The molecule has 126 valence electrons. The topological polar surface area (TPSA) is 49.3 Å². The molecule has 5 nitrogen and oxygen atoms in total. The summed E-state index contributed by atoms with van der Waals surface area (Å²) in [5.74, 6) is 0.657. The third kappa shape index (κ3) is 2.96. The summed E-state index contributed by atoms with van der Waals surface area (Å²) in [7, 11) is 0. The minimum Gasteiger partial charge on any atom is -0.330 e. The second-order valence-corrected chi connectivity index (χ2v) is 6.50. The Morgan fingerprint density at radius 2 is 1.96 bits per heavy atom. The number of hydrogen-bond donors (Lipinski definition) is 0. The number of amides is 1. The van der Waals surface area contributed by atoms with Crippen LogP contribution in [0.15, 0.2) is 30.3 Å². The summed E-state index contributed by atoms with van der Waals surface area (Å²) in [6, 6.07) is 10.1. The van der Waals surface area contributed by atoms with E-state index in [1.807, 2.05) is 44.2 Å². The highest BCUT2D eigenvalue weighted by Crippen LogP contribution is 2.34. The van der Waals surface area contributed by atoms with Crippen LogP contribution in [0, 0.1) is 0 Å². The van der Waals surface area contributed by atoms with Crippen molar-refractivity contribution in [3.63, 3.8) is 0 Å². The maximum Gasteiger partial charge on any atom is 0.273 e. The van der Waals surface area contributed by atoms with Gasteiger partial charge in [-0.1, -0.05) is 25.1 Å². The number of aromatic nitrogens is 2. The molecule has 0 spiro atoms. The summed E-state index contributed by atoms with van der Waals surface area (Å²) in [6.45, 7) is 7.43. The van der Waals surface area contributed by atoms with Gasteiger partial charge in [-0.2, -0.15) is 4.98 Å². The summed E-state index contributed by atoms with van der Waals surface area (Å²) in [5.41, 5.74) is 2.32. The first-order chi connectivity index (χ1) is 11.5. The number of rotatable bonds is 5. The Morgan fingerprint density at radius 1 is 1.25 bits per heavy atom. The molecular formula is C18H21ClN4O. The molecule has 24 heavy (non-hydrogen) atoms. The van der Waals surface area contributed by atoms with Crippen LogP contribution in [0.4, 0.5) is 11.5 Å². The summed E-state index contributed by atoms with van der Waals surface area (Å²) >= 11 is 6.13. The number of hydrogen-bond acceptors (Lipinski definition) is 4. The zero-order valence-corrected chi connectivity index (χ0v) is 14.9. The zero-order valence-electron chi connectivity index (χ0n) is 14.2. The highest BCUT2D eigenvalue weighted by atomic mass is 35.5. The fourth-order valence-electron chi connectivity index (χ4n) is 2.98. The van der Waals surface area contributed by atoms with Gasteiger partial charge < -0.3 is 9.80 Å². The van der Waals surface area contributed by atoms with Crippen molar-refractivity contribution in [1.82, 2.24) is 14.9 Å². The molecule has 1 aromatic heterocycles. The number of para-hydroxylation sites is 1. The van der Waals surface area contributed by atoms with Crippen LogP contribution in [-0.4, -0.2) is 33.4 Å². The van der Waals surface area contributed by atoms with E-state index >= 15 is 0 Å². The van der Waals surface area contributed by atoms with Gasteiger partial charge in [-0.15, -0.1) is 0 Å². The smallest absolute Gasteiger partial charge is 0.273 e. The molecule has 2 heterocycles. The summed E-state index contributed by atoms with van der Waals surface area (Å²) in [4.78, 5) is 25.2. The standard InChI is InChI=1S/C18H21ClN4O/c1-4-10-22(13-8-6-5-7-9-13)16-14-11-23(12(2)3)17(24)15(14)20-18(19)21-16/h5-9,12H,4,10-11H2,1-3H3. The maximum absolute atomic E-state index is 12.6. The van der Waals surface area contributed by atoms with Crippen molar-refractivity contribution < 1.29 is 4.79 Å². The second-order valence-electron chi connectivity index (χ2n) is 6.16. The van der Waals surface area contributed by atoms with Crippen molar-refractivity contribution in [1.29, 1.82) is 0 Å². The molecule has 0 radical (unpaired) electrons. The lowest BCUT2D eigenvalue weighted by atomic mass is 10.2. The van der Waals surface area contributed by atoms with Gasteiger partial charge in [-0.3, -0.25) is 4.79 Å². The van der Waals surface area contributed by atoms with E-state index in [4.69, 9.17) is 11.6 Å². The fraction of sp³-hybridized carbons (Fsp3) is 0.389. The normalized spacial score (nSPS) is 13.5. The Balaban J connectivity index is 2.12. The number of carbonyl (C=O) groups excluding carboxylic acids is 1. The molecule has 0 saturated carbocycles. The first-order valence-electron chi connectivity index (χ1n) is 8.23. The van der Waals surface area contributed by atoms with Crippen molar-refractivity contribution >= 4 is 29.0 Å². The lowest BCUT2D eigenvalue weighted by Gasteiger charge is -2.25. The lowest BCUT2D eigenvalue weighted by molar-refractivity contribution is 0.0726. The van der Waals surface area contributed by atoms with Crippen LogP contribution in [0.5, 0.6) is 0 Å². The van der Waals surface area contributed by atoms with E-state index in [0.717, 1.165) is 30.0 Å². The summed E-state index contributed by atoms with van der Waals surface area (Å²) in [5, 5.41) is 0.111. The van der Waals surface area contributed by atoms with Gasteiger partial charge in [0.2, 0.25) is 5.28 Å². The minimum atomic E-state index is -0.0740. The van der Waals surface area contributed by atoms with Crippen LogP contribution in [0.25, 0.3) is 0 Å².